The van der Waals surface area contributed by atoms with Gasteiger partial charge in [-0.3, -0.25) is 4.90 Å². The minimum Gasteiger partial charge on any atom is -0.312 e. The van der Waals surface area contributed by atoms with Crippen molar-refractivity contribution in [3.8, 4) is 6.07 Å². The van der Waals surface area contributed by atoms with Crippen LogP contribution in [0.1, 0.15) is 18.1 Å². The minimum atomic E-state index is -0.374. The van der Waals surface area contributed by atoms with Crippen molar-refractivity contribution in [1.29, 1.82) is 5.26 Å². The maximum absolute atomic E-state index is 13.9. The van der Waals surface area contributed by atoms with E-state index >= 15 is 0 Å². The molecule has 1 aliphatic rings. The largest absolute Gasteiger partial charge is 0.312 e. The molecule has 1 heterocycles. The molecule has 0 saturated carbocycles. The predicted octanol–water partition coefficient (Wildman–Crippen LogP) is 1.49. The molecule has 4 heteroatoms. The van der Waals surface area contributed by atoms with Gasteiger partial charge in [0.25, 0.3) is 0 Å². The second-order valence-corrected chi connectivity index (χ2v) is 4.48. The first kappa shape index (κ1) is 12.0. The molecular formula is C13H16FN3. The molecule has 0 aromatic heterocycles. The molecule has 0 spiro atoms. The summed E-state index contributed by atoms with van der Waals surface area (Å²) in [7, 11) is 0. The number of nitriles is 1. The van der Waals surface area contributed by atoms with Gasteiger partial charge in [-0.2, -0.15) is 5.26 Å². The van der Waals surface area contributed by atoms with Gasteiger partial charge in [0.1, 0.15) is 11.9 Å². The Morgan fingerprint density at radius 1 is 1.59 bits per heavy atom. The Balaban J connectivity index is 2.11. The molecule has 0 aliphatic carbocycles. The van der Waals surface area contributed by atoms with Gasteiger partial charge in [-0.25, -0.2) is 4.39 Å². The van der Waals surface area contributed by atoms with E-state index in [2.05, 4.69) is 17.1 Å². The number of nitrogens with one attached hydrogen (secondary N) is 1. The summed E-state index contributed by atoms with van der Waals surface area (Å²) in [6, 6.07) is 7.32. The lowest BCUT2D eigenvalue weighted by atomic mass is 10.1. The Morgan fingerprint density at radius 3 is 3.12 bits per heavy atom. The van der Waals surface area contributed by atoms with E-state index in [4.69, 9.17) is 5.26 Å². The van der Waals surface area contributed by atoms with E-state index in [1.165, 1.54) is 6.07 Å². The number of hydrogen-bond acceptors (Lipinski definition) is 3. The van der Waals surface area contributed by atoms with E-state index < -0.39 is 0 Å². The second kappa shape index (κ2) is 5.26. The van der Waals surface area contributed by atoms with Gasteiger partial charge in [0, 0.05) is 37.8 Å². The van der Waals surface area contributed by atoms with Crippen LogP contribution < -0.4 is 5.32 Å². The monoisotopic (exact) mass is 233 g/mol. The first-order chi connectivity index (χ1) is 8.20. The Hall–Kier alpha value is -1.44. The van der Waals surface area contributed by atoms with E-state index in [1.54, 1.807) is 12.1 Å². The van der Waals surface area contributed by atoms with Crippen LogP contribution in [0.4, 0.5) is 4.39 Å². The summed E-state index contributed by atoms with van der Waals surface area (Å²) in [5.41, 5.74) is 0.740. The van der Waals surface area contributed by atoms with Crippen LogP contribution in [0, 0.1) is 17.1 Å². The lowest BCUT2D eigenvalue weighted by Gasteiger charge is -2.31. The smallest absolute Gasteiger partial charge is 0.145 e. The fourth-order valence-corrected chi connectivity index (χ4v) is 2.18. The van der Waals surface area contributed by atoms with Crippen molar-refractivity contribution in [2.45, 2.75) is 19.5 Å². The summed E-state index contributed by atoms with van der Waals surface area (Å²) in [6.45, 7) is 5.46. The third kappa shape index (κ3) is 2.82. The van der Waals surface area contributed by atoms with Gasteiger partial charge < -0.3 is 5.32 Å². The Bertz CT molecular complexity index is 439. The quantitative estimate of drug-likeness (QED) is 0.841. The zero-order chi connectivity index (χ0) is 12.3. The van der Waals surface area contributed by atoms with Crippen LogP contribution >= 0.6 is 0 Å². The molecule has 90 valence electrons. The highest BCUT2D eigenvalue weighted by Gasteiger charge is 2.17. The summed E-state index contributed by atoms with van der Waals surface area (Å²) in [4.78, 5) is 2.21. The highest BCUT2D eigenvalue weighted by Crippen LogP contribution is 2.15. The van der Waals surface area contributed by atoms with Gasteiger partial charge in [0.05, 0.1) is 5.56 Å². The predicted molar refractivity (Wildman–Crippen MR) is 63.9 cm³/mol. The van der Waals surface area contributed by atoms with E-state index in [9.17, 15) is 4.39 Å². The number of rotatable bonds is 2. The number of halogens is 1. The molecule has 1 aromatic carbocycles. The first-order valence-electron chi connectivity index (χ1n) is 5.84. The molecule has 1 atom stereocenters. The normalized spacial score (nSPS) is 21.1. The molecular weight excluding hydrogens is 217 g/mol. The first-order valence-corrected chi connectivity index (χ1v) is 5.84. The number of benzene rings is 1. The zero-order valence-electron chi connectivity index (χ0n) is 9.91. The van der Waals surface area contributed by atoms with Crippen LogP contribution in [0.2, 0.25) is 0 Å². The van der Waals surface area contributed by atoms with Gasteiger partial charge in [0.2, 0.25) is 0 Å². The average Bonchev–Trinajstić information content (AvgIpc) is 2.32. The Morgan fingerprint density at radius 2 is 2.41 bits per heavy atom. The van der Waals surface area contributed by atoms with Crippen molar-refractivity contribution in [2.75, 3.05) is 19.6 Å². The molecule has 17 heavy (non-hydrogen) atoms. The van der Waals surface area contributed by atoms with Crippen LogP contribution in [0.5, 0.6) is 0 Å². The van der Waals surface area contributed by atoms with E-state index in [1.807, 2.05) is 6.07 Å². The summed E-state index contributed by atoms with van der Waals surface area (Å²) >= 11 is 0. The molecule has 2 rings (SSSR count). The third-order valence-corrected chi connectivity index (χ3v) is 3.05. The molecule has 1 aromatic rings. The Labute approximate surface area is 101 Å². The van der Waals surface area contributed by atoms with Crippen molar-refractivity contribution in [3.05, 3.63) is 35.1 Å². The number of piperazine rings is 1. The fourth-order valence-electron chi connectivity index (χ4n) is 2.18. The molecule has 1 fully saturated rings. The molecule has 1 saturated heterocycles. The van der Waals surface area contributed by atoms with Gasteiger partial charge in [-0.1, -0.05) is 12.1 Å². The van der Waals surface area contributed by atoms with Crippen molar-refractivity contribution in [3.63, 3.8) is 0 Å². The molecule has 0 amide bonds. The van der Waals surface area contributed by atoms with E-state index in [0.717, 1.165) is 19.6 Å². The van der Waals surface area contributed by atoms with Crippen molar-refractivity contribution >= 4 is 0 Å². The van der Waals surface area contributed by atoms with Crippen molar-refractivity contribution in [1.82, 2.24) is 10.2 Å². The topological polar surface area (TPSA) is 39.1 Å². The lowest BCUT2D eigenvalue weighted by molar-refractivity contribution is 0.197. The van der Waals surface area contributed by atoms with Crippen molar-refractivity contribution in [2.24, 2.45) is 0 Å². The van der Waals surface area contributed by atoms with Gasteiger partial charge in [-0.15, -0.1) is 0 Å². The second-order valence-electron chi connectivity index (χ2n) is 4.48. The van der Waals surface area contributed by atoms with Crippen molar-refractivity contribution < 1.29 is 4.39 Å². The van der Waals surface area contributed by atoms with Gasteiger partial charge in [0.15, 0.2) is 0 Å². The fraction of sp³-hybridized carbons (Fsp3) is 0.462. The molecule has 3 nitrogen and oxygen atoms in total. The average molecular weight is 233 g/mol. The summed E-state index contributed by atoms with van der Waals surface area (Å²) in [6.07, 6.45) is 0. The van der Waals surface area contributed by atoms with Crippen LogP contribution in [0.15, 0.2) is 18.2 Å². The minimum absolute atomic E-state index is 0.130. The van der Waals surface area contributed by atoms with Gasteiger partial charge >= 0.3 is 0 Å². The number of hydrogen-bond donors (Lipinski definition) is 1. The van der Waals surface area contributed by atoms with E-state index in [0.29, 0.717) is 18.2 Å². The summed E-state index contributed by atoms with van der Waals surface area (Å²) in [5.74, 6) is -0.374. The van der Waals surface area contributed by atoms with Crippen LogP contribution in [-0.4, -0.2) is 30.6 Å². The zero-order valence-corrected chi connectivity index (χ0v) is 9.91. The SMILES string of the molecule is CC1CN(Cc2cccc(C#N)c2F)CCN1. The van der Waals surface area contributed by atoms with Gasteiger partial charge in [-0.05, 0) is 13.0 Å². The highest BCUT2D eigenvalue weighted by atomic mass is 19.1. The standard InChI is InChI=1S/C13H16FN3/c1-10-8-17(6-5-16-10)9-12-4-2-3-11(7-15)13(12)14/h2-4,10,16H,5-6,8-9H2,1H3. The third-order valence-electron chi connectivity index (χ3n) is 3.05. The summed E-state index contributed by atoms with van der Waals surface area (Å²) < 4.78 is 13.9. The van der Waals surface area contributed by atoms with Crippen LogP contribution in [0.3, 0.4) is 0 Å². The Kier molecular flexibility index (Phi) is 3.72. The molecule has 1 aliphatic heterocycles. The maximum Gasteiger partial charge on any atom is 0.145 e. The molecule has 1 unspecified atom stereocenters. The maximum atomic E-state index is 13.9. The van der Waals surface area contributed by atoms with E-state index in [-0.39, 0.29) is 11.4 Å². The summed E-state index contributed by atoms with van der Waals surface area (Å²) in [5, 5.41) is 12.1. The molecule has 0 radical (unpaired) electrons. The van der Waals surface area contributed by atoms with Crippen LogP contribution in [-0.2, 0) is 6.54 Å². The van der Waals surface area contributed by atoms with Crippen LogP contribution in [0.25, 0.3) is 0 Å². The molecule has 0 bridgehead atoms. The lowest BCUT2D eigenvalue weighted by Crippen LogP contribution is -2.48. The highest BCUT2D eigenvalue weighted by molar-refractivity contribution is 5.34. The number of nitrogens with zero attached hydrogens (tertiary/aromatic N) is 2. The molecule has 1 N–H and O–H groups in total.